The first kappa shape index (κ1) is 11.8. The lowest BCUT2D eigenvalue weighted by molar-refractivity contribution is 0.0812. The van der Waals surface area contributed by atoms with Gasteiger partial charge in [-0.05, 0) is 37.9 Å². The van der Waals surface area contributed by atoms with E-state index >= 15 is 0 Å². The molecule has 0 aliphatic carbocycles. The molecule has 0 bridgehead atoms. The Morgan fingerprint density at radius 2 is 2.36 bits per heavy atom. The van der Waals surface area contributed by atoms with E-state index in [-0.39, 0.29) is 5.91 Å². The molecular formula is C9H7Br2NOS. The summed E-state index contributed by atoms with van der Waals surface area (Å²) in [5.74, 6) is 2.35. The molecule has 0 spiro atoms. The van der Waals surface area contributed by atoms with Crippen LogP contribution in [0.1, 0.15) is 10.4 Å². The maximum absolute atomic E-state index is 11.8. The van der Waals surface area contributed by atoms with Crippen LogP contribution in [0.2, 0.25) is 0 Å². The molecule has 2 nitrogen and oxygen atoms in total. The van der Waals surface area contributed by atoms with Crippen molar-refractivity contribution in [2.24, 2.45) is 0 Å². The van der Waals surface area contributed by atoms with Gasteiger partial charge in [0.1, 0.15) is 0 Å². The zero-order valence-electron chi connectivity index (χ0n) is 7.38. The number of carbonyl (C=O) groups is 1. The van der Waals surface area contributed by atoms with Gasteiger partial charge < -0.3 is 4.90 Å². The molecular weight excluding hydrogens is 330 g/mol. The highest BCUT2D eigenvalue weighted by Crippen LogP contribution is 2.32. The summed E-state index contributed by atoms with van der Waals surface area (Å²) in [5.41, 5.74) is 0.639. The lowest BCUT2D eigenvalue weighted by atomic mass is 10.3. The summed E-state index contributed by atoms with van der Waals surface area (Å²) >= 11 is 8.11. The smallest absolute Gasteiger partial charge is 0.256 e. The Bertz CT molecular complexity index is 394. The van der Waals surface area contributed by atoms with E-state index in [4.69, 9.17) is 6.42 Å². The van der Waals surface area contributed by atoms with Crippen molar-refractivity contribution in [1.82, 2.24) is 4.90 Å². The molecule has 0 N–H and O–H groups in total. The standard InChI is InChI=1S/C9H7Br2NOS/c1-3-4-12(2)9(13)6-5-7(10)14-8(6)11/h1,5H,4H2,2H3. The van der Waals surface area contributed by atoms with E-state index in [0.29, 0.717) is 12.1 Å². The van der Waals surface area contributed by atoms with Crippen molar-refractivity contribution in [3.8, 4) is 12.3 Å². The number of amides is 1. The van der Waals surface area contributed by atoms with Crippen LogP contribution in [-0.2, 0) is 0 Å². The lowest BCUT2D eigenvalue weighted by Crippen LogP contribution is -2.26. The molecule has 1 aromatic rings. The zero-order chi connectivity index (χ0) is 10.7. The summed E-state index contributed by atoms with van der Waals surface area (Å²) in [5, 5.41) is 0. The molecule has 0 radical (unpaired) electrons. The summed E-state index contributed by atoms with van der Waals surface area (Å²) in [6, 6.07) is 1.78. The van der Waals surface area contributed by atoms with Crippen LogP contribution in [0.5, 0.6) is 0 Å². The summed E-state index contributed by atoms with van der Waals surface area (Å²) in [6.45, 7) is 0.318. The minimum atomic E-state index is -0.0724. The van der Waals surface area contributed by atoms with Gasteiger partial charge in [0.25, 0.3) is 5.91 Å². The Labute approximate surface area is 104 Å². The summed E-state index contributed by atoms with van der Waals surface area (Å²) < 4.78 is 1.74. The van der Waals surface area contributed by atoms with Gasteiger partial charge in [-0.25, -0.2) is 0 Å². The molecule has 0 saturated carbocycles. The molecule has 0 saturated heterocycles. The van der Waals surface area contributed by atoms with Crippen molar-refractivity contribution in [3.05, 3.63) is 19.2 Å². The van der Waals surface area contributed by atoms with Gasteiger partial charge in [-0.2, -0.15) is 0 Å². The Kier molecular flexibility index (Phi) is 4.17. The number of rotatable bonds is 2. The molecule has 1 rings (SSSR count). The maximum Gasteiger partial charge on any atom is 0.256 e. The minimum absolute atomic E-state index is 0.0724. The van der Waals surface area contributed by atoms with Crippen molar-refractivity contribution in [1.29, 1.82) is 0 Å². The summed E-state index contributed by atoms with van der Waals surface area (Å²) in [4.78, 5) is 13.3. The van der Waals surface area contributed by atoms with Gasteiger partial charge in [-0.15, -0.1) is 17.8 Å². The fourth-order valence-corrected chi connectivity index (χ4v) is 3.68. The lowest BCUT2D eigenvalue weighted by Gasteiger charge is -2.12. The van der Waals surface area contributed by atoms with Crippen LogP contribution >= 0.6 is 43.2 Å². The summed E-state index contributed by atoms with van der Waals surface area (Å²) in [6.07, 6.45) is 5.13. The van der Waals surface area contributed by atoms with Crippen LogP contribution in [-0.4, -0.2) is 24.4 Å². The Hall–Kier alpha value is -0.310. The van der Waals surface area contributed by atoms with Gasteiger partial charge >= 0.3 is 0 Å². The van der Waals surface area contributed by atoms with Gasteiger partial charge in [0, 0.05) is 7.05 Å². The first-order chi connectivity index (χ1) is 6.56. The zero-order valence-corrected chi connectivity index (χ0v) is 11.4. The van der Waals surface area contributed by atoms with E-state index in [9.17, 15) is 4.79 Å². The van der Waals surface area contributed by atoms with Gasteiger partial charge in [0.15, 0.2) is 0 Å². The third-order valence-corrected chi connectivity index (χ3v) is 3.90. The second-order valence-corrected chi connectivity index (χ2v) is 6.35. The van der Waals surface area contributed by atoms with E-state index in [0.717, 1.165) is 7.57 Å². The molecule has 0 aliphatic heterocycles. The molecule has 14 heavy (non-hydrogen) atoms. The van der Waals surface area contributed by atoms with Crippen LogP contribution in [0.15, 0.2) is 13.6 Å². The number of hydrogen-bond donors (Lipinski definition) is 0. The first-order valence-electron chi connectivity index (χ1n) is 3.70. The second-order valence-electron chi connectivity index (χ2n) is 2.60. The molecule has 0 aliphatic rings. The normalized spacial score (nSPS) is 9.57. The Balaban J connectivity index is 2.90. The molecule has 1 heterocycles. The Morgan fingerprint density at radius 1 is 1.71 bits per heavy atom. The molecule has 0 fully saturated rings. The Morgan fingerprint density at radius 3 is 2.79 bits per heavy atom. The molecule has 1 amide bonds. The van der Waals surface area contributed by atoms with Crippen LogP contribution in [0, 0.1) is 12.3 Å². The SMILES string of the molecule is C#CCN(C)C(=O)c1cc(Br)sc1Br. The van der Waals surface area contributed by atoms with Gasteiger partial charge in [-0.1, -0.05) is 5.92 Å². The average Bonchev–Trinajstić information content (AvgIpc) is 2.44. The topological polar surface area (TPSA) is 20.3 Å². The number of thiophene rings is 1. The van der Waals surface area contributed by atoms with Crippen molar-refractivity contribution in [3.63, 3.8) is 0 Å². The van der Waals surface area contributed by atoms with E-state index in [1.54, 1.807) is 13.1 Å². The number of hydrogen-bond acceptors (Lipinski definition) is 2. The predicted octanol–water partition coefficient (Wildman–Crippen LogP) is 2.98. The largest absolute Gasteiger partial charge is 0.331 e. The monoisotopic (exact) mass is 335 g/mol. The highest BCUT2D eigenvalue weighted by Gasteiger charge is 2.16. The molecule has 0 aromatic carbocycles. The predicted molar refractivity (Wildman–Crippen MR) is 65.5 cm³/mol. The quantitative estimate of drug-likeness (QED) is 0.760. The van der Waals surface area contributed by atoms with Crippen molar-refractivity contribution < 1.29 is 4.79 Å². The van der Waals surface area contributed by atoms with E-state index < -0.39 is 0 Å². The fraction of sp³-hybridized carbons (Fsp3) is 0.222. The third-order valence-electron chi connectivity index (χ3n) is 1.56. The molecule has 1 aromatic heterocycles. The van der Waals surface area contributed by atoms with Crippen LogP contribution in [0.25, 0.3) is 0 Å². The third kappa shape index (κ3) is 2.59. The van der Waals surface area contributed by atoms with Gasteiger partial charge in [-0.3, -0.25) is 4.79 Å². The number of terminal acetylenes is 1. The highest BCUT2D eigenvalue weighted by atomic mass is 79.9. The van der Waals surface area contributed by atoms with Crippen LogP contribution < -0.4 is 0 Å². The second kappa shape index (κ2) is 4.96. The fourth-order valence-electron chi connectivity index (χ4n) is 0.900. The average molecular weight is 337 g/mol. The molecule has 0 atom stereocenters. The van der Waals surface area contributed by atoms with E-state index in [2.05, 4.69) is 37.8 Å². The number of halogens is 2. The molecule has 5 heteroatoms. The van der Waals surface area contributed by atoms with Crippen LogP contribution in [0.4, 0.5) is 0 Å². The first-order valence-corrected chi connectivity index (χ1v) is 6.10. The maximum atomic E-state index is 11.8. The van der Waals surface area contributed by atoms with Crippen molar-refractivity contribution in [2.75, 3.05) is 13.6 Å². The van der Waals surface area contributed by atoms with E-state index in [1.807, 2.05) is 0 Å². The van der Waals surface area contributed by atoms with Gasteiger partial charge in [0.05, 0.1) is 19.7 Å². The molecule has 74 valence electrons. The van der Waals surface area contributed by atoms with Crippen LogP contribution in [0.3, 0.4) is 0 Å². The molecule has 0 unspecified atom stereocenters. The van der Waals surface area contributed by atoms with Crippen molar-refractivity contribution >= 4 is 49.1 Å². The highest BCUT2D eigenvalue weighted by molar-refractivity contribution is 9.12. The van der Waals surface area contributed by atoms with E-state index in [1.165, 1.54) is 16.2 Å². The minimum Gasteiger partial charge on any atom is -0.331 e. The number of nitrogens with zero attached hydrogens (tertiary/aromatic N) is 1. The van der Waals surface area contributed by atoms with Gasteiger partial charge in [0.2, 0.25) is 0 Å². The summed E-state index contributed by atoms with van der Waals surface area (Å²) in [7, 11) is 1.68. The van der Waals surface area contributed by atoms with Crippen molar-refractivity contribution in [2.45, 2.75) is 0 Å². The number of carbonyl (C=O) groups excluding carboxylic acids is 1.